The number of hydrogen-bond acceptors (Lipinski definition) is 1. The van der Waals surface area contributed by atoms with Crippen LogP contribution in [0.5, 0.6) is 0 Å². The topological polar surface area (TPSA) is 20.3 Å². The summed E-state index contributed by atoms with van der Waals surface area (Å²) in [6, 6.07) is 17.9. The van der Waals surface area contributed by atoms with Crippen molar-refractivity contribution in [3.8, 4) is 0 Å². The Morgan fingerprint density at radius 3 is 2.52 bits per heavy atom. The summed E-state index contributed by atoms with van der Waals surface area (Å²) < 4.78 is 0.936. The smallest absolute Gasteiger partial charge is 0.254 e. The van der Waals surface area contributed by atoms with Crippen molar-refractivity contribution in [2.24, 2.45) is 0 Å². The van der Waals surface area contributed by atoms with Gasteiger partial charge in [-0.2, -0.15) is 0 Å². The van der Waals surface area contributed by atoms with Crippen LogP contribution in [0.3, 0.4) is 0 Å². The van der Waals surface area contributed by atoms with Crippen molar-refractivity contribution in [1.82, 2.24) is 4.90 Å². The van der Waals surface area contributed by atoms with Crippen LogP contribution in [0.15, 0.2) is 65.1 Å². The van der Waals surface area contributed by atoms with Gasteiger partial charge in [0, 0.05) is 23.1 Å². The Hall–Kier alpha value is -1.87. The first-order valence-electron chi connectivity index (χ1n) is 7.03. The number of carbonyl (C=O) groups excluding carboxylic acids is 1. The van der Waals surface area contributed by atoms with Crippen molar-refractivity contribution >= 4 is 27.4 Å². The minimum Gasteiger partial charge on any atom is -0.335 e. The largest absolute Gasteiger partial charge is 0.335 e. The average molecular weight is 342 g/mol. The Kier molecular flexibility index (Phi) is 4.20. The summed E-state index contributed by atoms with van der Waals surface area (Å²) in [5, 5.41) is 0. The molecule has 0 radical (unpaired) electrons. The van der Waals surface area contributed by atoms with Crippen LogP contribution in [-0.4, -0.2) is 23.9 Å². The van der Waals surface area contributed by atoms with E-state index in [1.165, 1.54) is 11.1 Å². The van der Waals surface area contributed by atoms with Crippen LogP contribution in [0.1, 0.15) is 22.3 Å². The fourth-order valence-corrected chi connectivity index (χ4v) is 2.97. The van der Waals surface area contributed by atoms with Crippen LogP contribution in [0, 0.1) is 0 Å². The zero-order valence-electron chi connectivity index (χ0n) is 11.6. The molecule has 0 N–H and O–H groups in total. The second-order valence-electron chi connectivity index (χ2n) is 5.11. The van der Waals surface area contributed by atoms with Gasteiger partial charge in [0.2, 0.25) is 0 Å². The van der Waals surface area contributed by atoms with E-state index in [1.807, 2.05) is 35.2 Å². The first-order chi connectivity index (χ1) is 10.2. The lowest BCUT2D eigenvalue weighted by molar-refractivity contribution is 0.0773. The monoisotopic (exact) mass is 341 g/mol. The maximum absolute atomic E-state index is 12.5. The highest BCUT2D eigenvalue weighted by Gasteiger charge is 2.19. The Balaban J connectivity index is 1.73. The molecule has 0 aliphatic carbocycles. The molecule has 2 aromatic rings. The van der Waals surface area contributed by atoms with Gasteiger partial charge in [0.05, 0.1) is 0 Å². The molecule has 0 fully saturated rings. The van der Waals surface area contributed by atoms with E-state index in [9.17, 15) is 4.79 Å². The molecule has 1 aliphatic rings. The molecule has 21 heavy (non-hydrogen) atoms. The van der Waals surface area contributed by atoms with Crippen LogP contribution in [0.4, 0.5) is 0 Å². The lowest BCUT2D eigenvalue weighted by Crippen LogP contribution is -2.34. The average Bonchev–Trinajstić information content (AvgIpc) is 2.55. The van der Waals surface area contributed by atoms with E-state index in [2.05, 4.69) is 46.3 Å². The third-order valence-electron chi connectivity index (χ3n) is 3.71. The van der Waals surface area contributed by atoms with Crippen molar-refractivity contribution in [1.29, 1.82) is 0 Å². The normalized spacial score (nSPS) is 14.7. The number of hydrogen-bond donors (Lipinski definition) is 0. The van der Waals surface area contributed by atoms with Crippen LogP contribution >= 0.6 is 15.9 Å². The summed E-state index contributed by atoms with van der Waals surface area (Å²) in [7, 11) is 0. The van der Waals surface area contributed by atoms with E-state index >= 15 is 0 Å². The first-order valence-corrected chi connectivity index (χ1v) is 7.82. The Labute approximate surface area is 133 Å². The van der Waals surface area contributed by atoms with Crippen LogP contribution < -0.4 is 0 Å². The second kappa shape index (κ2) is 6.27. The van der Waals surface area contributed by atoms with E-state index in [4.69, 9.17) is 0 Å². The molecule has 0 atom stereocenters. The standard InChI is InChI=1S/C18H16BrNO/c19-17-8-4-7-16(13-17)18(21)20-11-9-15(10-12-20)14-5-2-1-3-6-14/h1-9,13H,10-12H2. The predicted molar refractivity (Wildman–Crippen MR) is 89.1 cm³/mol. The van der Waals surface area contributed by atoms with Gasteiger partial charge in [0.25, 0.3) is 5.91 Å². The zero-order valence-corrected chi connectivity index (χ0v) is 13.2. The molecular weight excluding hydrogens is 326 g/mol. The molecule has 0 saturated heterocycles. The summed E-state index contributed by atoms with van der Waals surface area (Å²) in [5.41, 5.74) is 3.32. The van der Waals surface area contributed by atoms with Gasteiger partial charge in [-0.1, -0.05) is 58.4 Å². The molecular formula is C18H16BrNO. The van der Waals surface area contributed by atoms with Gasteiger partial charge in [-0.3, -0.25) is 4.79 Å². The van der Waals surface area contributed by atoms with Crippen molar-refractivity contribution in [3.63, 3.8) is 0 Å². The van der Waals surface area contributed by atoms with Crippen molar-refractivity contribution in [2.45, 2.75) is 6.42 Å². The Bertz CT molecular complexity index is 679. The summed E-state index contributed by atoms with van der Waals surface area (Å²) in [5.74, 6) is 0.0969. The fourth-order valence-electron chi connectivity index (χ4n) is 2.57. The third kappa shape index (κ3) is 3.24. The summed E-state index contributed by atoms with van der Waals surface area (Å²) in [6.07, 6.45) is 3.07. The van der Waals surface area contributed by atoms with Crippen molar-refractivity contribution < 1.29 is 4.79 Å². The molecule has 1 heterocycles. The molecule has 0 unspecified atom stereocenters. The van der Waals surface area contributed by atoms with Gasteiger partial charge in [-0.15, -0.1) is 0 Å². The number of carbonyl (C=O) groups is 1. The highest BCUT2D eigenvalue weighted by atomic mass is 79.9. The van der Waals surface area contributed by atoms with Gasteiger partial charge in [0.1, 0.15) is 0 Å². The SMILES string of the molecule is O=C(c1cccc(Br)c1)N1CC=C(c2ccccc2)CC1. The minimum absolute atomic E-state index is 0.0969. The van der Waals surface area contributed by atoms with Crippen molar-refractivity contribution in [2.75, 3.05) is 13.1 Å². The summed E-state index contributed by atoms with van der Waals surface area (Å²) >= 11 is 3.41. The molecule has 3 heteroatoms. The molecule has 106 valence electrons. The Morgan fingerprint density at radius 1 is 1.05 bits per heavy atom. The molecule has 2 aromatic carbocycles. The predicted octanol–water partition coefficient (Wildman–Crippen LogP) is 4.38. The number of benzene rings is 2. The van der Waals surface area contributed by atoms with Gasteiger partial charge < -0.3 is 4.90 Å². The molecule has 2 nitrogen and oxygen atoms in total. The molecule has 0 aromatic heterocycles. The van der Waals surface area contributed by atoms with Gasteiger partial charge in [-0.25, -0.2) is 0 Å². The van der Waals surface area contributed by atoms with Crippen LogP contribution in [-0.2, 0) is 0 Å². The number of nitrogens with zero attached hydrogens (tertiary/aromatic N) is 1. The Morgan fingerprint density at radius 2 is 1.86 bits per heavy atom. The van der Waals surface area contributed by atoms with Crippen molar-refractivity contribution in [3.05, 3.63) is 76.3 Å². The van der Waals surface area contributed by atoms with Crippen LogP contribution in [0.25, 0.3) is 5.57 Å². The highest BCUT2D eigenvalue weighted by molar-refractivity contribution is 9.10. The minimum atomic E-state index is 0.0969. The lowest BCUT2D eigenvalue weighted by atomic mass is 9.99. The molecule has 1 amide bonds. The van der Waals surface area contributed by atoms with E-state index in [0.29, 0.717) is 6.54 Å². The maximum atomic E-state index is 12.5. The summed E-state index contributed by atoms with van der Waals surface area (Å²) in [4.78, 5) is 14.4. The summed E-state index contributed by atoms with van der Waals surface area (Å²) in [6.45, 7) is 1.45. The van der Waals surface area contributed by atoms with E-state index in [0.717, 1.165) is 23.0 Å². The molecule has 0 spiro atoms. The number of rotatable bonds is 2. The highest BCUT2D eigenvalue weighted by Crippen LogP contribution is 2.23. The lowest BCUT2D eigenvalue weighted by Gasteiger charge is -2.27. The zero-order chi connectivity index (χ0) is 14.7. The molecule has 3 rings (SSSR count). The number of amides is 1. The second-order valence-corrected chi connectivity index (χ2v) is 6.02. The van der Waals surface area contributed by atoms with Gasteiger partial charge in [-0.05, 0) is 35.8 Å². The number of halogens is 1. The molecule has 0 saturated carbocycles. The van der Waals surface area contributed by atoms with Crippen LogP contribution in [0.2, 0.25) is 0 Å². The third-order valence-corrected chi connectivity index (χ3v) is 4.21. The van der Waals surface area contributed by atoms with E-state index < -0.39 is 0 Å². The van der Waals surface area contributed by atoms with E-state index in [-0.39, 0.29) is 5.91 Å². The van der Waals surface area contributed by atoms with E-state index in [1.54, 1.807) is 0 Å². The quantitative estimate of drug-likeness (QED) is 0.793. The molecule has 0 bridgehead atoms. The first kappa shape index (κ1) is 14.1. The fraction of sp³-hybridized carbons (Fsp3) is 0.167. The maximum Gasteiger partial charge on any atom is 0.254 e. The van der Waals surface area contributed by atoms with Gasteiger partial charge >= 0.3 is 0 Å². The molecule has 1 aliphatic heterocycles. The van der Waals surface area contributed by atoms with Gasteiger partial charge in [0.15, 0.2) is 0 Å².